The van der Waals surface area contributed by atoms with E-state index in [-0.39, 0.29) is 25.0 Å². The molecule has 9 nitrogen and oxygen atoms in total. The number of aryl methyl sites for hydroxylation is 2. The maximum Gasteiger partial charge on any atom is 0.322 e. The second-order valence-electron chi connectivity index (χ2n) is 6.01. The number of hydrogen-bond donors (Lipinski definition) is 5. The van der Waals surface area contributed by atoms with Crippen LogP contribution in [0.3, 0.4) is 0 Å². The Morgan fingerprint density at radius 3 is 1.93 bits per heavy atom. The van der Waals surface area contributed by atoms with Gasteiger partial charge in [-0.25, -0.2) is 0 Å². The zero-order chi connectivity index (χ0) is 21.6. The largest absolute Gasteiger partial charge is 0.508 e. The number of aliphatic carboxylic acids is 1. The first kappa shape index (κ1) is 26.4. The van der Waals surface area contributed by atoms with E-state index >= 15 is 0 Å². The number of nitrogens with one attached hydrogen (secondary N) is 1. The molecule has 0 atom stereocenters. The lowest BCUT2D eigenvalue weighted by atomic mass is 10.0. The van der Waals surface area contributed by atoms with Gasteiger partial charge in [0, 0.05) is 6.54 Å². The Morgan fingerprint density at radius 2 is 1.63 bits per heavy atom. The number of hydrogen-bond acceptors (Lipinski definition) is 5. The Bertz CT molecular complexity index is 603. The van der Waals surface area contributed by atoms with Crippen molar-refractivity contribution in [1.82, 2.24) is 10.2 Å². The van der Waals surface area contributed by atoms with Gasteiger partial charge in [-0.3, -0.25) is 14.6 Å². The summed E-state index contributed by atoms with van der Waals surface area (Å²) in [5, 5.41) is 19.5. The third kappa shape index (κ3) is 16.4. The van der Waals surface area contributed by atoms with Crippen LogP contribution in [0.25, 0.3) is 0 Å². The molecule has 0 unspecified atom stereocenters. The van der Waals surface area contributed by atoms with Gasteiger partial charge in [-0.15, -0.1) is 0 Å². The molecule has 7 N–H and O–H groups in total. The molecule has 27 heavy (non-hydrogen) atoms. The number of carboxylic acid groups (broad SMARTS) is 1. The molecule has 154 valence electrons. The number of guanidine groups is 1. The van der Waals surface area contributed by atoms with Crippen LogP contribution in [-0.2, 0) is 9.59 Å². The fourth-order valence-corrected chi connectivity index (χ4v) is 1.71. The van der Waals surface area contributed by atoms with E-state index < -0.39 is 5.97 Å². The van der Waals surface area contributed by atoms with Crippen molar-refractivity contribution in [2.45, 2.75) is 27.7 Å². The standard InChI is InChI=1S/C9H12O.C6H12N2O3.C3H9N3/c1-6-4-9(10)5-7(2)8(6)3;1-8(2)4-5(9)7-3-6(10)11;1-2-6-3(4)5/h4-5,10H,1-3H3;3-4H2,1-2H3,(H,7,9)(H,10,11);2H2,1H3,(H4,4,5,6). The summed E-state index contributed by atoms with van der Waals surface area (Å²) < 4.78 is 0. The van der Waals surface area contributed by atoms with Crippen molar-refractivity contribution in [2.24, 2.45) is 16.5 Å². The van der Waals surface area contributed by atoms with Crippen molar-refractivity contribution in [3.63, 3.8) is 0 Å². The fourth-order valence-electron chi connectivity index (χ4n) is 1.71. The first-order chi connectivity index (χ1) is 12.4. The van der Waals surface area contributed by atoms with Crippen molar-refractivity contribution in [3.05, 3.63) is 28.8 Å². The molecule has 1 aromatic rings. The number of nitrogens with zero attached hydrogens (tertiary/aromatic N) is 2. The molecule has 0 saturated heterocycles. The molecule has 9 heteroatoms. The third-order valence-electron chi connectivity index (χ3n) is 3.15. The number of carbonyl (C=O) groups excluding carboxylic acids is 1. The van der Waals surface area contributed by atoms with E-state index in [0.29, 0.717) is 12.3 Å². The summed E-state index contributed by atoms with van der Waals surface area (Å²) in [7, 11) is 3.47. The van der Waals surface area contributed by atoms with Gasteiger partial charge in [0.15, 0.2) is 5.96 Å². The minimum atomic E-state index is -1.03. The number of carboxylic acids is 1. The Balaban J connectivity index is 0. The predicted octanol–water partition coefficient (Wildman–Crippen LogP) is 0.346. The first-order valence-corrected chi connectivity index (χ1v) is 8.36. The second-order valence-corrected chi connectivity index (χ2v) is 6.01. The predicted molar refractivity (Wildman–Crippen MR) is 108 cm³/mol. The van der Waals surface area contributed by atoms with Crippen molar-refractivity contribution < 1.29 is 19.8 Å². The molecule has 1 rings (SSSR count). The van der Waals surface area contributed by atoms with Crippen LogP contribution >= 0.6 is 0 Å². The zero-order valence-electron chi connectivity index (χ0n) is 17.0. The molecule has 0 radical (unpaired) electrons. The quantitative estimate of drug-likeness (QED) is 0.363. The van der Waals surface area contributed by atoms with Gasteiger partial charge in [0.2, 0.25) is 5.91 Å². The molecule has 1 aromatic carbocycles. The maximum absolute atomic E-state index is 10.7. The summed E-state index contributed by atoms with van der Waals surface area (Å²) in [6.45, 7) is 8.51. The van der Waals surface area contributed by atoms with Crippen molar-refractivity contribution >= 4 is 17.8 Å². The number of rotatable bonds is 5. The Kier molecular flexibility index (Phi) is 14.1. The number of benzene rings is 1. The number of aromatic hydroxyl groups is 1. The van der Waals surface area contributed by atoms with E-state index in [1.807, 2.05) is 20.8 Å². The van der Waals surface area contributed by atoms with Crippen LogP contribution in [0.15, 0.2) is 17.1 Å². The van der Waals surface area contributed by atoms with Gasteiger partial charge in [0.25, 0.3) is 0 Å². The van der Waals surface area contributed by atoms with Crippen LogP contribution in [0, 0.1) is 20.8 Å². The summed E-state index contributed by atoms with van der Waals surface area (Å²) in [5.74, 6) is -0.785. The molecular formula is C18H33N5O4. The molecule has 1 amide bonds. The maximum atomic E-state index is 10.7. The van der Waals surface area contributed by atoms with Crippen molar-refractivity contribution in [3.8, 4) is 5.75 Å². The van der Waals surface area contributed by atoms with Gasteiger partial charge in [0.05, 0.1) is 6.54 Å². The minimum absolute atomic E-state index is 0.164. The van der Waals surface area contributed by atoms with Gasteiger partial charge in [-0.2, -0.15) is 0 Å². The monoisotopic (exact) mass is 383 g/mol. The Hall–Kier alpha value is -2.81. The zero-order valence-corrected chi connectivity index (χ0v) is 17.0. The normalized spacial score (nSPS) is 9.30. The Labute approximate surface area is 161 Å². The molecule has 0 heterocycles. The van der Waals surface area contributed by atoms with E-state index in [1.54, 1.807) is 31.1 Å². The molecule has 0 aliphatic carbocycles. The molecule has 0 saturated carbocycles. The van der Waals surface area contributed by atoms with E-state index in [1.165, 1.54) is 5.56 Å². The number of carbonyl (C=O) groups is 2. The van der Waals surface area contributed by atoms with Crippen LogP contribution in [0.4, 0.5) is 0 Å². The SMILES string of the molecule is CCN=C(N)N.CN(C)CC(=O)NCC(=O)O.Cc1cc(O)cc(C)c1C. The van der Waals surface area contributed by atoms with Crippen LogP contribution in [0.2, 0.25) is 0 Å². The Morgan fingerprint density at radius 1 is 1.15 bits per heavy atom. The third-order valence-corrected chi connectivity index (χ3v) is 3.15. The summed E-state index contributed by atoms with van der Waals surface area (Å²) in [4.78, 5) is 26.0. The average molecular weight is 383 g/mol. The number of likely N-dealkylation sites (N-methyl/N-ethyl adjacent to an activating group) is 1. The van der Waals surface area contributed by atoms with Crippen molar-refractivity contribution in [2.75, 3.05) is 33.7 Å². The fraction of sp³-hybridized carbons (Fsp3) is 0.500. The van der Waals surface area contributed by atoms with Crippen LogP contribution in [0.5, 0.6) is 5.75 Å². The lowest BCUT2D eigenvalue weighted by Crippen LogP contribution is -2.36. The molecular weight excluding hydrogens is 350 g/mol. The number of amides is 1. The summed E-state index contributed by atoms with van der Waals surface area (Å²) in [5.41, 5.74) is 13.4. The molecule has 0 spiro atoms. The van der Waals surface area contributed by atoms with Gasteiger partial charge >= 0.3 is 5.97 Å². The summed E-state index contributed by atoms with van der Waals surface area (Å²) in [6.07, 6.45) is 0. The minimum Gasteiger partial charge on any atom is -0.508 e. The highest BCUT2D eigenvalue weighted by atomic mass is 16.4. The van der Waals surface area contributed by atoms with Gasteiger partial charge in [-0.05, 0) is 70.6 Å². The molecule has 0 aliphatic rings. The first-order valence-electron chi connectivity index (χ1n) is 8.36. The summed E-state index contributed by atoms with van der Waals surface area (Å²) in [6, 6.07) is 3.56. The molecule has 0 aromatic heterocycles. The topological polar surface area (TPSA) is 154 Å². The van der Waals surface area contributed by atoms with E-state index in [0.717, 1.165) is 11.1 Å². The molecule has 0 bridgehead atoms. The van der Waals surface area contributed by atoms with Gasteiger partial charge < -0.3 is 31.9 Å². The number of nitrogens with two attached hydrogens (primary N) is 2. The molecule has 0 aliphatic heterocycles. The van der Waals surface area contributed by atoms with Crippen LogP contribution in [-0.4, -0.2) is 66.7 Å². The lowest BCUT2D eigenvalue weighted by Gasteiger charge is -2.07. The van der Waals surface area contributed by atoms with Gasteiger partial charge in [0.1, 0.15) is 12.3 Å². The molecule has 0 fully saturated rings. The highest BCUT2D eigenvalue weighted by molar-refractivity contribution is 5.82. The number of phenolic OH excluding ortho intramolecular Hbond substituents is 1. The average Bonchev–Trinajstić information content (AvgIpc) is 2.51. The number of phenols is 1. The van der Waals surface area contributed by atoms with E-state index in [9.17, 15) is 9.59 Å². The van der Waals surface area contributed by atoms with Crippen LogP contribution < -0.4 is 16.8 Å². The highest BCUT2D eigenvalue weighted by Gasteiger charge is 2.03. The smallest absolute Gasteiger partial charge is 0.322 e. The van der Waals surface area contributed by atoms with E-state index in [4.69, 9.17) is 21.7 Å². The van der Waals surface area contributed by atoms with Gasteiger partial charge in [-0.1, -0.05) is 0 Å². The van der Waals surface area contributed by atoms with E-state index in [2.05, 4.69) is 17.2 Å². The second kappa shape index (κ2) is 14.4. The highest BCUT2D eigenvalue weighted by Crippen LogP contribution is 2.18. The van der Waals surface area contributed by atoms with Crippen molar-refractivity contribution in [1.29, 1.82) is 0 Å². The summed E-state index contributed by atoms with van der Waals surface area (Å²) >= 11 is 0. The van der Waals surface area contributed by atoms with Crippen LogP contribution in [0.1, 0.15) is 23.6 Å². The lowest BCUT2D eigenvalue weighted by molar-refractivity contribution is -0.138. The number of aliphatic imine (C=N–C) groups is 1.